The van der Waals surface area contributed by atoms with Crippen molar-refractivity contribution in [1.29, 1.82) is 0 Å². The van der Waals surface area contributed by atoms with E-state index in [2.05, 4.69) is 0 Å². The number of rotatable bonds is 4. The first kappa shape index (κ1) is 12.5. The van der Waals surface area contributed by atoms with E-state index >= 15 is 0 Å². The summed E-state index contributed by atoms with van der Waals surface area (Å²) >= 11 is 0. The Kier molecular flexibility index (Phi) is 4.11. The molecule has 3 heteroatoms. The van der Waals surface area contributed by atoms with Crippen LogP contribution in [0.1, 0.15) is 37.7 Å². The zero-order valence-corrected chi connectivity index (χ0v) is 9.96. The fraction of sp³-hybridized carbons (Fsp3) is 0.571. The van der Waals surface area contributed by atoms with Crippen LogP contribution in [0.25, 0.3) is 0 Å². The standard InChI is InChI=1S/C14H19F2N/c15-13-7-3-6-11(14(13)16)9-12(17)8-10-4-1-2-5-10/h3,6-7,10,12H,1-2,4-5,8-9,17H2. The lowest BCUT2D eigenvalue weighted by atomic mass is 9.94. The maximum absolute atomic E-state index is 13.4. The van der Waals surface area contributed by atoms with E-state index in [4.69, 9.17) is 5.73 Å². The Labute approximate surface area is 101 Å². The maximum atomic E-state index is 13.4. The molecule has 0 aliphatic heterocycles. The van der Waals surface area contributed by atoms with Gasteiger partial charge in [0.05, 0.1) is 0 Å². The highest BCUT2D eigenvalue weighted by Gasteiger charge is 2.19. The second kappa shape index (κ2) is 5.58. The van der Waals surface area contributed by atoms with E-state index in [-0.39, 0.29) is 6.04 Å². The van der Waals surface area contributed by atoms with Gasteiger partial charge in [-0.2, -0.15) is 0 Å². The second-order valence-electron chi connectivity index (χ2n) is 5.06. The summed E-state index contributed by atoms with van der Waals surface area (Å²) in [4.78, 5) is 0. The molecule has 1 aromatic rings. The molecule has 1 atom stereocenters. The largest absolute Gasteiger partial charge is 0.327 e. The van der Waals surface area contributed by atoms with Crippen molar-refractivity contribution in [2.45, 2.75) is 44.6 Å². The molecule has 0 radical (unpaired) electrons. The van der Waals surface area contributed by atoms with Gasteiger partial charge in [-0.1, -0.05) is 37.8 Å². The van der Waals surface area contributed by atoms with E-state index < -0.39 is 11.6 Å². The van der Waals surface area contributed by atoms with Crippen molar-refractivity contribution in [3.63, 3.8) is 0 Å². The zero-order valence-electron chi connectivity index (χ0n) is 9.96. The van der Waals surface area contributed by atoms with Gasteiger partial charge in [-0.3, -0.25) is 0 Å². The monoisotopic (exact) mass is 239 g/mol. The van der Waals surface area contributed by atoms with Crippen molar-refractivity contribution < 1.29 is 8.78 Å². The number of benzene rings is 1. The molecule has 1 unspecified atom stereocenters. The summed E-state index contributed by atoms with van der Waals surface area (Å²) < 4.78 is 26.5. The quantitative estimate of drug-likeness (QED) is 0.856. The minimum Gasteiger partial charge on any atom is -0.327 e. The Morgan fingerprint density at radius 1 is 1.24 bits per heavy atom. The van der Waals surface area contributed by atoms with Gasteiger partial charge >= 0.3 is 0 Å². The lowest BCUT2D eigenvalue weighted by Crippen LogP contribution is -2.26. The van der Waals surface area contributed by atoms with E-state index in [1.807, 2.05) is 0 Å². The maximum Gasteiger partial charge on any atom is 0.162 e. The van der Waals surface area contributed by atoms with Gasteiger partial charge in [-0.05, 0) is 30.4 Å². The molecule has 1 aliphatic rings. The van der Waals surface area contributed by atoms with Gasteiger partial charge < -0.3 is 5.73 Å². The minimum atomic E-state index is -0.782. The normalized spacial score (nSPS) is 18.5. The molecule has 0 bridgehead atoms. The van der Waals surface area contributed by atoms with Crippen molar-refractivity contribution in [2.24, 2.45) is 11.7 Å². The highest BCUT2D eigenvalue weighted by Crippen LogP contribution is 2.29. The molecule has 1 aliphatic carbocycles. The third-order valence-corrected chi connectivity index (χ3v) is 3.62. The van der Waals surface area contributed by atoms with Crippen LogP contribution in [0, 0.1) is 17.6 Å². The SMILES string of the molecule is NC(Cc1cccc(F)c1F)CC1CCCC1. The molecule has 2 rings (SSSR count). The molecule has 2 N–H and O–H groups in total. The molecule has 0 heterocycles. The van der Waals surface area contributed by atoms with Gasteiger partial charge in [-0.15, -0.1) is 0 Å². The first-order valence-electron chi connectivity index (χ1n) is 6.35. The molecule has 0 saturated heterocycles. The number of hydrogen-bond donors (Lipinski definition) is 1. The topological polar surface area (TPSA) is 26.0 Å². The molecular weight excluding hydrogens is 220 g/mol. The van der Waals surface area contributed by atoms with E-state index in [9.17, 15) is 8.78 Å². The predicted octanol–water partition coefficient (Wildman–Crippen LogP) is 3.41. The Hall–Kier alpha value is -0.960. The number of nitrogens with two attached hydrogens (primary N) is 1. The molecule has 0 aromatic heterocycles. The van der Waals surface area contributed by atoms with Crippen LogP contribution in [0.5, 0.6) is 0 Å². The summed E-state index contributed by atoms with van der Waals surface area (Å²) in [5.41, 5.74) is 6.41. The first-order chi connectivity index (χ1) is 8.16. The van der Waals surface area contributed by atoms with Crippen LogP contribution >= 0.6 is 0 Å². The molecular formula is C14H19F2N. The highest BCUT2D eigenvalue weighted by atomic mass is 19.2. The van der Waals surface area contributed by atoms with Crippen LogP contribution < -0.4 is 5.73 Å². The Morgan fingerprint density at radius 2 is 1.94 bits per heavy atom. The van der Waals surface area contributed by atoms with E-state index in [1.165, 1.54) is 31.7 Å². The summed E-state index contributed by atoms with van der Waals surface area (Å²) in [7, 11) is 0. The van der Waals surface area contributed by atoms with E-state index in [0.717, 1.165) is 12.5 Å². The number of hydrogen-bond acceptors (Lipinski definition) is 1. The van der Waals surface area contributed by atoms with Gasteiger partial charge in [0, 0.05) is 6.04 Å². The predicted molar refractivity (Wildman–Crippen MR) is 64.6 cm³/mol. The third-order valence-electron chi connectivity index (χ3n) is 3.62. The minimum absolute atomic E-state index is 0.0607. The zero-order chi connectivity index (χ0) is 12.3. The third kappa shape index (κ3) is 3.25. The van der Waals surface area contributed by atoms with Gasteiger partial charge in [-0.25, -0.2) is 8.78 Å². The number of halogens is 2. The Balaban J connectivity index is 1.93. The summed E-state index contributed by atoms with van der Waals surface area (Å²) in [6, 6.07) is 4.24. The molecule has 0 spiro atoms. The van der Waals surface area contributed by atoms with Crippen LogP contribution in [0.15, 0.2) is 18.2 Å². The van der Waals surface area contributed by atoms with Gasteiger partial charge in [0.2, 0.25) is 0 Å². The van der Waals surface area contributed by atoms with E-state index in [0.29, 0.717) is 17.9 Å². The lowest BCUT2D eigenvalue weighted by Gasteiger charge is -2.16. The summed E-state index contributed by atoms with van der Waals surface area (Å²) in [5, 5.41) is 0. The molecule has 1 saturated carbocycles. The average Bonchev–Trinajstić information content (AvgIpc) is 2.77. The van der Waals surface area contributed by atoms with Gasteiger partial charge in [0.15, 0.2) is 11.6 Å². The molecule has 0 amide bonds. The smallest absolute Gasteiger partial charge is 0.162 e. The lowest BCUT2D eigenvalue weighted by molar-refractivity contribution is 0.431. The molecule has 1 aromatic carbocycles. The second-order valence-corrected chi connectivity index (χ2v) is 5.06. The van der Waals surface area contributed by atoms with Gasteiger partial charge in [0.25, 0.3) is 0 Å². The summed E-state index contributed by atoms with van der Waals surface area (Å²) in [6.07, 6.45) is 6.39. The molecule has 94 valence electrons. The molecule has 1 nitrogen and oxygen atoms in total. The molecule has 1 fully saturated rings. The van der Waals surface area contributed by atoms with Crippen molar-refractivity contribution >= 4 is 0 Å². The summed E-state index contributed by atoms with van der Waals surface area (Å²) in [5.74, 6) is -0.841. The van der Waals surface area contributed by atoms with Crippen molar-refractivity contribution in [3.05, 3.63) is 35.4 Å². The average molecular weight is 239 g/mol. The van der Waals surface area contributed by atoms with Crippen molar-refractivity contribution in [2.75, 3.05) is 0 Å². The van der Waals surface area contributed by atoms with Crippen LogP contribution in [0.4, 0.5) is 8.78 Å². The fourth-order valence-electron chi connectivity index (χ4n) is 2.75. The van der Waals surface area contributed by atoms with Crippen molar-refractivity contribution in [3.8, 4) is 0 Å². The Morgan fingerprint density at radius 3 is 2.65 bits per heavy atom. The van der Waals surface area contributed by atoms with Crippen LogP contribution in [-0.2, 0) is 6.42 Å². The van der Waals surface area contributed by atoms with Crippen molar-refractivity contribution in [1.82, 2.24) is 0 Å². The summed E-state index contributed by atoms with van der Waals surface area (Å²) in [6.45, 7) is 0. The first-order valence-corrected chi connectivity index (χ1v) is 6.35. The fourth-order valence-corrected chi connectivity index (χ4v) is 2.75. The van der Waals surface area contributed by atoms with Crippen LogP contribution in [0.2, 0.25) is 0 Å². The van der Waals surface area contributed by atoms with Gasteiger partial charge in [0.1, 0.15) is 0 Å². The van der Waals surface area contributed by atoms with E-state index in [1.54, 1.807) is 6.07 Å². The molecule has 17 heavy (non-hydrogen) atoms. The van der Waals surface area contributed by atoms with Crippen LogP contribution in [-0.4, -0.2) is 6.04 Å². The highest BCUT2D eigenvalue weighted by molar-refractivity contribution is 5.19. The van der Waals surface area contributed by atoms with Crippen LogP contribution in [0.3, 0.4) is 0 Å². The Bertz CT molecular complexity index is 372.